The Morgan fingerprint density at radius 3 is 2.41 bits per heavy atom. The fourth-order valence-corrected chi connectivity index (χ4v) is 3.56. The van der Waals surface area contributed by atoms with Gasteiger partial charge in [0.25, 0.3) is 0 Å². The number of carbonyl (C=O) groups excluding carboxylic acids is 1. The van der Waals surface area contributed by atoms with E-state index in [-0.39, 0.29) is 17.4 Å². The van der Waals surface area contributed by atoms with Crippen LogP contribution >= 0.6 is 0 Å². The molecule has 0 radical (unpaired) electrons. The lowest BCUT2D eigenvalue weighted by Gasteiger charge is -2.24. The number of aryl methyl sites for hydroxylation is 2. The van der Waals surface area contributed by atoms with Gasteiger partial charge in [0.2, 0.25) is 5.91 Å². The highest BCUT2D eigenvalue weighted by Crippen LogP contribution is 2.40. The van der Waals surface area contributed by atoms with E-state index in [0.29, 0.717) is 12.2 Å². The van der Waals surface area contributed by atoms with Crippen LogP contribution in [0.2, 0.25) is 0 Å². The zero-order chi connectivity index (χ0) is 19.1. The second-order valence-electron chi connectivity index (χ2n) is 6.83. The van der Waals surface area contributed by atoms with Gasteiger partial charge < -0.3 is 10.4 Å². The van der Waals surface area contributed by atoms with Crippen LogP contribution in [0.15, 0.2) is 48.5 Å². The predicted octanol–water partition coefficient (Wildman–Crippen LogP) is 3.66. The van der Waals surface area contributed by atoms with Gasteiger partial charge in [-0.1, -0.05) is 29.8 Å². The van der Waals surface area contributed by atoms with Gasteiger partial charge in [-0.3, -0.25) is 4.79 Å². The van der Waals surface area contributed by atoms with Gasteiger partial charge in [-0.2, -0.15) is 5.10 Å². The van der Waals surface area contributed by atoms with Crippen molar-refractivity contribution < 1.29 is 14.7 Å². The van der Waals surface area contributed by atoms with Crippen molar-refractivity contribution in [3.05, 3.63) is 76.5 Å². The molecule has 4 rings (SSSR count). The summed E-state index contributed by atoms with van der Waals surface area (Å²) in [6.45, 7) is 3.95. The molecule has 0 spiro atoms. The van der Waals surface area contributed by atoms with Gasteiger partial charge in [-0.05, 0) is 43.7 Å². The van der Waals surface area contributed by atoms with Crippen LogP contribution in [0.25, 0.3) is 5.69 Å². The summed E-state index contributed by atoms with van der Waals surface area (Å²) in [5.41, 5.74) is 4.98. The van der Waals surface area contributed by atoms with Gasteiger partial charge in [-0.15, -0.1) is 0 Å². The fraction of sp³-hybridized carbons (Fsp3) is 0.190. The molecule has 6 nitrogen and oxygen atoms in total. The topological polar surface area (TPSA) is 84.2 Å². The molecular weight excluding hydrogens is 342 g/mol. The number of amides is 1. The number of anilines is 1. The molecule has 2 aromatic carbocycles. The Morgan fingerprint density at radius 2 is 1.78 bits per heavy atom. The van der Waals surface area contributed by atoms with Crippen LogP contribution in [-0.2, 0) is 4.79 Å². The van der Waals surface area contributed by atoms with Crippen LogP contribution in [-0.4, -0.2) is 26.8 Å². The molecule has 27 heavy (non-hydrogen) atoms. The molecule has 0 bridgehead atoms. The molecule has 1 aliphatic heterocycles. The first-order chi connectivity index (χ1) is 12.9. The van der Waals surface area contributed by atoms with E-state index in [2.05, 4.69) is 10.4 Å². The molecule has 0 saturated carbocycles. The summed E-state index contributed by atoms with van der Waals surface area (Å²) in [5, 5.41) is 16.7. The first-order valence-electron chi connectivity index (χ1n) is 8.73. The molecule has 1 amide bonds. The normalized spacial score (nSPS) is 15.9. The number of aromatic carboxylic acids is 1. The zero-order valence-electron chi connectivity index (χ0n) is 15.1. The second-order valence-corrected chi connectivity index (χ2v) is 6.83. The molecule has 0 aliphatic carbocycles. The van der Waals surface area contributed by atoms with Crippen LogP contribution in [0.3, 0.4) is 0 Å². The van der Waals surface area contributed by atoms with Crippen molar-refractivity contribution in [3.63, 3.8) is 0 Å². The van der Waals surface area contributed by atoms with Gasteiger partial charge in [-0.25, -0.2) is 9.48 Å². The molecule has 1 aliphatic rings. The number of rotatable bonds is 3. The quantitative estimate of drug-likeness (QED) is 0.746. The Hall–Kier alpha value is -3.41. The Balaban J connectivity index is 1.81. The number of carboxylic acids is 1. The molecule has 1 atom stereocenters. The van der Waals surface area contributed by atoms with E-state index < -0.39 is 5.97 Å². The highest BCUT2D eigenvalue weighted by molar-refractivity contribution is 5.95. The van der Waals surface area contributed by atoms with Gasteiger partial charge in [0.05, 0.1) is 16.9 Å². The van der Waals surface area contributed by atoms with Gasteiger partial charge >= 0.3 is 5.97 Å². The van der Waals surface area contributed by atoms with Crippen LogP contribution in [0.5, 0.6) is 0 Å². The predicted molar refractivity (Wildman–Crippen MR) is 102 cm³/mol. The lowest BCUT2D eigenvalue weighted by Crippen LogP contribution is -2.25. The van der Waals surface area contributed by atoms with Crippen LogP contribution in [0, 0.1) is 13.8 Å². The summed E-state index contributed by atoms with van der Waals surface area (Å²) in [7, 11) is 0. The van der Waals surface area contributed by atoms with Crippen molar-refractivity contribution in [2.24, 2.45) is 0 Å². The van der Waals surface area contributed by atoms with E-state index in [4.69, 9.17) is 5.11 Å². The first-order valence-corrected chi connectivity index (χ1v) is 8.73. The standard InChI is InChI=1S/C21H19N3O3/c1-12-3-9-16(10-4-12)24-20-19(13(2)23-24)17(11-18(25)22-20)14-5-7-15(8-6-14)21(26)27/h3-10,17H,11H2,1-2H3,(H,22,25)(H,26,27). The second kappa shape index (κ2) is 6.39. The number of hydrogen-bond donors (Lipinski definition) is 2. The van der Waals surface area contributed by atoms with Crippen molar-refractivity contribution in [2.75, 3.05) is 5.32 Å². The number of carboxylic acid groups (broad SMARTS) is 1. The summed E-state index contributed by atoms with van der Waals surface area (Å²) in [4.78, 5) is 23.5. The van der Waals surface area contributed by atoms with Crippen LogP contribution in [0.1, 0.15) is 45.1 Å². The van der Waals surface area contributed by atoms with Gasteiger partial charge in [0.1, 0.15) is 5.82 Å². The molecule has 136 valence electrons. The first kappa shape index (κ1) is 17.0. The van der Waals surface area contributed by atoms with Crippen LogP contribution < -0.4 is 5.32 Å². The van der Waals surface area contributed by atoms with Crippen molar-refractivity contribution >= 4 is 17.7 Å². The number of nitrogens with zero attached hydrogens (tertiary/aromatic N) is 2. The van der Waals surface area contributed by atoms with E-state index >= 15 is 0 Å². The highest BCUT2D eigenvalue weighted by Gasteiger charge is 2.32. The third kappa shape index (κ3) is 2.99. The largest absolute Gasteiger partial charge is 0.478 e. The lowest BCUT2D eigenvalue weighted by molar-refractivity contribution is -0.116. The minimum absolute atomic E-state index is 0.0805. The number of benzene rings is 2. The zero-order valence-corrected chi connectivity index (χ0v) is 15.1. The Bertz CT molecular complexity index is 1030. The minimum atomic E-state index is -0.966. The molecule has 0 saturated heterocycles. The van der Waals surface area contributed by atoms with Crippen molar-refractivity contribution in [2.45, 2.75) is 26.2 Å². The lowest BCUT2D eigenvalue weighted by atomic mass is 9.85. The molecule has 0 fully saturated rings. The monoisotopic (exact) mass is 361 g/mol. The average molecular weight is 361 g/mol. The number of fused-ring (bicyclic) bond motifs is 1. The fourth-order valence-electron chi connectivity index (χ4n) is 3.56. The van der Waals surface area contributed by atoms with Crippen molar-refractivity contribution in [3.8, 4) is 5.69 Å². The third-order valence-electron chi connectivity index (χ3n) is 4.94. The number of hydrogen-bond acceptors (Lipinski definition) is 3. The smallest absolute Gasteiger partial charge is 0.335 e. The Kier molecular flexibility index (Phi) is 4.03. The molecule has 3 aromatic rings. The maximum absolute atomic E-state index is 12.4. The third-order valence-corrected chi connectivity index (χ3v) is 4.94. The SMILES string of the molecule is Cc1ccc(-n2nc(C)c3c2NC(=O)CC3c2ccc(C(=O)O)cc2)cc1. The van der Waals surface area contributed by atoms with E-state index in [9.17, 15) is 9.59 Å². The van der Waals surface area contributed by atoms with Crippen LogP contribution in [0.4, 0.5) is 5.82 Å². The molecule has 1 aromatic heterocycles. The summed E-state index contributed by atoms with van der Waals surface area (Å²) in [6.07, 6.45) is 0.305. The number of nitrogens with one attached hydrogen (secondary N) is 1. The molecule has 2 N–H and O–H groups in total. The van der Waals surface area contributed by atoms with Crippen molar-refractivity contribution in [1.82, 2.24) is 9.78 Å². The highest BCUT2D eigenvalue weighted by atomic mass is 16.4. The van der Waals surface area contributed by atoms with E-state index in [1.54, 1.807) is 28.9 Å². The molecular formula is C21H19N3O3. The summed E-state index contributed by atoms with van der Waals surface area (Å²) in [5.74, 6) is -0.522. The molecule has 1 unspecified atom stereocenters. The number of aromatic nitrogens is 2. The minimum Gasteiger partial charge on any atom is -0.478 e. The summed E-state index contributed by atoms with van der Waals surface area (Å²) in [6, 6.07) is 14.7. The number of carbonyl (C=O) groups is 2. The van der Waals surface area contributed by atoms with E-state index in [1.807, 2.05) is 38.1 Å². The van der Waals surface area contributed by atoms with Gasteiger partial charge in [0.15, 0.2) is 0 Å². The maximum atomic E-state index is 12.4. The summed E-state index contributed by atoms with van der Waals surface area (Å²) >= 11 is 0. The van der Waals surface area contributed by atoms with Crippen molar-refractivity contribution in [1.29, 1.82) is 0 Å². The average Bonchev–Trinajstić information content (AvgIpc) is 2.98. The molecule has 6 heteroatoms. The maximum Gasteiger partial charge on any atom is 0.335 e. The van der Waals surface area contributed by atoms with E-state index in [1.165, 1.54) is 0 Å². The Labute approximate surface area is 156 Å². The Morgan fingerprint density at radius 1 is 1.11 bits per heavy atom. The van der Waals surface area contributed by atoms with Gasteiger partial charge in [0, 0.05) is 17.9 Å². The molecule has 2 heterocycles. The van der Waals surface area contributed by atoms with E-state index in [0.717, 1.165) is 28.1 Å². The summed E-state index contributed by atoms with van der Waals surface area (Å²) < 4.78 is 1.76.